The highest BCUT2D eigenvalue weighted by molar-refractivity contribution is 7.11. The van der Waals surface area contributed by atoms with Gasteiger partial charge in [-0.05, 0) is 13.8 Å². The van der Waals surface area contributed by atoms with Gasteiger partial charge in [-0.25, -0.2) is 9.67 Å². The Labute approximate surface area is 113 Å². The van der Waals surface area contributed by atoms with E-state index in [1.165, 1.54) is 4.68 Å². The summed E-state index contributed by atoms with van der Waals surface area (Å²) in [7, 11) is 1.56. The second-order valence-corrected chi connectivity index (χ2v) is 5.62. The number of thiazole rings is 1. The summed E-state index contributed by atoms with van der Waals surface area (Å²) < 4.78 is 1.20. The number of aryl methyl sites for hydroxylation is 2. The Kier molecular flexibility index (Phi) is 3.68. The first-order valence-corrected chi connectivity index (χ1v) is 6.59. The molecule has 1 unspecified atom stereocenters. The molecule has 2 aromatic heterocycles. The summed E-state index contributed by atoms with van der Waals surface area (Å²) in [6, 6.07) is -0.0184. The van der Waals surface area contributed by atoms with E-state index in [-0.39, 0.29) is 16.6 Å². The summed E-state index contributed by atoms with van der Waals surface area (Å²) in [6.07, 6.45) is 3.36. The largest absolute Gasteiger partial charge is 0.373 e. The van der Waals surface area contributed by atoms with Crippen LogP contribution >= 0.6 is 22.9 Å². The van der Waals surface area contributed by atoms with Crippen molar-refractivity contribution in [3.05, 3.63) is 37.7 Å². The Bertz CT molecular complexity index is 622. The normalized spacial score (nSPS) is 12.4. The monoisotopic (exact) mass is 284 g/mol. The molecule has 0 bridgehead atoms. The number of halogens is 1. The van der Waals surface area contributed by atoms with Gasteiger partial charge >= 0.3 is 0 Å². The number of hydrogen-bond donors (Lipinski definition) is 1. The minimum atomic E-state index is -0.316. The standard InChI is InChI=1S/C11H13ClN4OS/c1-6-4-13-10(18-6)7(2)15-8-5-14-16(3)11(17)9(8)12/h4-5,7,15H,1-3H3. The van der Waals surface area contributed by atoms with E-state index < -0.39 is 0 Å². The Morgan fingerprint density at radius 2 is 2.22 bits per heavy atom. The van der Waals surface area contributed by atoms with Crippen molar-refractivity contribution in [3.8, 4) is 0 Å². The molecule has 96 valence electrons. The molecule has 1 N–H and O–H groups in total. The first kappa shape index (κ1) is 13.0. The topological polar surface area (TPSA) is 59.8 Å². The van der Waals surface area contributed by atoms with E-state index in [0.717, 1.165) is 9.88 Å². The Hall–Kier alpha value is -1.40. The average Bonchev–Trinajstić information content (AvgIpc) is 2.77. The van der Waals surface area contributed by atoms with Crippen LogP contribution in [0.2, 0.25) is 5.02 Å². The lowest BCUT2D eigenvalue weighted by molar-refractivity contribution is 0.706. The van der Waals surface area contributed by atoms with Crippen molar-refractivity contribution >= 4 is 28.6 Å². The molecule has 0 saturated carbocycles. The predicted molar refractivity (Wildman–Crippen MR) is 73.4 cm³/mol. The summed E-state index contributed by atoms with van der Waals surface area (Å²) in [6.45, 7) is 3.97. The Morgan fingerprint density at radius 1 is 1.50 bits per heavy atom. The van der Waals surface area contributed by atoms with E-state index in [0.29, 0.717) is 5.69 Å². The van der Waals surface area contributed by atoms with Gasteiger partial charge in [0.05, 0.1) is 17.9 Å². The lowest BCUT2D eigenvalue weighted by Crippen LogP contribution is -2.21. The molecule has 0 fully saturated rings. The maximum atomic E-state index is 11.6. The molecular weight excluding hydrogens is 272 g/mol. The van der Waals surface area contributed by atoms with Gasteiger partial charge in [-0.1, -0.05) is 11.6 Å². The molecule has 2 aromatic rings. The molecule has 0 radical (unpaired) electrons. The number of nitrogens with zero attached hydrogens (tertiary/aromatic N) is 3. The molecule has 0 aromatic carbocycles. The van der Waals surface area contributed by atoms with Crippen molar-refractivity contribution in [1.29, 1.82) is 0 Å². The van der Waals surface area contributed by atoms with Crippen LogP contribution in [0.15, 0.2) is 17.2 Å². The zero-order chi connectivity index (χ0) is 13.3. The summed E-state index contributed by atoms with van der Waals surface area (Å²) in [5, 5.41) is 8.17. The number of rotatable bonds is 3. The molecule has 7 heteroatoms. The molecule has 0 saturated heterocycles. The molecule has 5 nitrogen and oxygen atoms in total. The number of nitrogens with one attached hydrogen (secondary N) is 1. The van der Waals surface area contributed by atoms with E-state index in [4.69, 9.17) is 11.6 Å². The summed E-state index contributed by atoms with van der Waals surface area (Å²) in [4.78, 5) is 17.1. The first-order valence-electron chi connectivity index (χ1n) is 5.39. The van der Waals surface area contributed by atoms with E-state index in [1.54, 1.807) is 24.6 Å². The Balaban J connectivity index is 2.25. The number of hydrogen-bond acceptors (Lipinski definition) is 5. The molecule has 18 heavy (non-hydrogen) atoms. The van der Waals surface area contributed by atoms with Crippen molar-refractivity contribution < 1.29 is 0 Å². The summed E-state index contributed by atoms with van der Waals surface area (Å²) >= 11 is 7.59. The van der Waals surface area contributed by atoms with Crippen LogP contribution in [0.4, 0.5) is 5.69 Å². The van der Waals surface area contributed by atoms with Crippen molar-refractivity contribution in [3.63, 3.8) is 0 Å². The lowest BCUT2D eigenvalue weighted by Gasteiger charge is -2.13. The zero-order valence-electron chi connectivity index (χ0n) is 10.3. The molecule has 0 amide bonds. The fourth-order valence-corrected chi connectivity index (χ4v) is 2.48. The van der Waals surface area contributed by atoms with Crippen LogP contribution < -0.4 is 10.9 Å². The summed E-state index contributed by atoms with van der Waals surface area (Å²) in [5.74, 6) is 0. The highest BCUT2D eigenvalue weighted by atomic mass is 35.5. The molecule has 2 heterocycles. The predicted octanol–water partition coefficient (Wildman–Crippen LogP) is 2.37. The van der Waals surface area contributed by atoms with E-state index in [2.05, 4.69) is 15.4 Å². The highest BCUT2D eigenvalue weighted by Gasteiger charge is 2.13. The molecule has 0 aliphatic rings. The van der Waals surface area contributed by atoms with Gasteiger partial charge in [0, 0.05) is 18.1 Å². The van der Waals surface area contributed by atoms with E-state index >= 15 is 0 Å². The maximum Gasteiger partial charge on any atom is 0.287 e. The van der Waals surface area contributed by atoms with Crippen LogP contribution in [0.3, 0.4) is 0 Å². The van der Waals surface area contributed by atoms with Crippen molar-refractivity contribution in [2.75, 3.05) is 5.32 Å². The fraction of sp³-hybridized carbons (Fsp3) is 0.364. The van der Waals surface area contributed by atoms with Gasteiger partial charge < -0.3 is 5.32 Å². The van der Waals surface area contributed by atoms with Crippen LogP contribution in [0.1, 0.15) is 22.9 Å². The number of aromatic nitrogens is 3. The molecule has 0 aliphatic heterocycles. The number of anilines is 1. The van der Waals surface area contributed by atoms with Crippen LogP contribution in [0, 0.1) is 6.92 Å². The third kappa shape index (κ3) is 2.54. The van der Waals surface area contributed by atoms with E-state index in [1.807, 2.05) is 20.0 Å². The van der Waals surface area contributed by atoms with Crippen molar-refractivity contribution in [1.82, 2.24) is 14.8 Å². The summed E-state index contributed by atoms with van der Waals surface area (Å²) in [5.41, 5.74) is 0.212. The van der Waals surface area contributed by atoms with Crippen LogP contribution in [0.25, 0.3) is 0 Å². The van der Waals surface area contributed by atoms with Gasteiger partial charge in [0.15, 0.2) is 0 Å². The zero-order valence-corrected chi connectivity index (χ0v) is 11.8. The van der Waals surface area contributed by atoms with Crippen LogP contribution in [-0.4, -0.2) is 14.8 Å². The lowest BCUT2D eigenvalue weighted by atomic mass is 10.3. The third-order valence-corrected chi connectivity index (χ3v) is 3.92. The Morgan fingerprint density at radius 3 is 2.83 bits per heavy atom. The third-order valence-electron chi connectivity index (χ3n) is 2.46. The van der Waals surface area contributed by atoms with Gasteiger partial charge in [-0.3, -0.25) is 4.79 Å². The average molecular weight is 285 g/mol. The van der Waals surface area contributed by atoms with Gasteiger partial charge in [0.25, 0.3) is 5.56 Å². The van der Waals surface area contributed by atoms with Crippen LogP contribution in [0.5, 0.6) is 0 Å². The molecule has 1 atom stereocenters. The molecule has 0 aliphatic carbocycles. The van der Waals surface area contributed by atoms with Gasteiger partial charge in [-0.2, -0.15) is 5.10 Å². The van der Waals surface area contributed by atoms with Gasteiger partial charge in [0.2, 0.25) is 0 Å². The second-order valence-electron chi connectivity index (χ2n) is 3.98. The van der Waals surface area contributed by atoms with Crippen molar-refractivity contribution in [2.24, 2.45) is 7.05 Å². The first-order chi connectivity index (χ1) is 8.49. The van der Waals surface area contributed by atoms with Crippen molar-refractivity contribution in [2.45, 2.75) is 19.9 Å². The minimum absolute atomic E-state index is 0.0184. The maximum absolute atomic E-state index is 11.6. The molecular formula is C11H13ClN4OS. The van der Waals surface area contributed by atoms with E-state index in [9.17, 15) is 4.79 Å². The fourth-order valence-electron chi connectivity index (χ4n) is 1.48. The van der Waals surface area contributed by atoms with Gasteiger partial charge in [0.1, 0.15) is 10.0 Å². The smallest absolute Gasteiger partial charge is 0.287 e. The SMILES string of the molecule is Cc1cnc(C(C)Nc2cnn(C)c(=O)c2Cl)s1. The minimum Gasteiger partial charge on any atom is -0.373 e. The quantitative estimate of drug-likeness (QED) is 0.940. The molecule has 2 rings (SSSR count). The second kappa shape index (κ2) is 5.07. The van der Waals surface area contributed by atoms with Crippen LogP contribution in [-0.2, 0) is 7.05 Å². The van der Waals surface area contributed by atoms with Gasteiger partial charge in [-0.15, -0.1) is 11.3 Å². The molecule has 0 spiro atoms. The highest BCUT2D eigenvalue weighted by Crippen LogP contribution is 2.25.